The van der Waals surface area contributed by atoms with Crippen molar-refractivity contribution in [2.24, 2.45) is 5.92 Å². The summed E-state index contributed by atoms with van der Waals surface area (Å²) in [4.78, 5) is 0. The van der Waals surface area contributed by atoms with E-state index in [1.54, 1.807) is 0 Å². The Labute approximate surface area is 117 Å². The zero-order valence-corrected chi connectivity index (χ0v) is 11.5. The average Bonchev–Trinajstić information content (AvgIpc) is 3.12. The van der Waals surface area contributed by atoms with Crippen LogP contribution in [-0.4, -0.2) is 21.5 Å². The van der Waals surface area contributed by atoms with Crippen molar-refractivity contribution in [1.29, 1.82) is 0 Å². The lowest BCUT2D eigenvalue weighted by Gasteiger charge is -2.01. The maximum absolute atomic E-state index is 5.86. The first-order valence-corrected chi connectivity index (χ1v) is 7.01. The van der Waals surface area contributed by atoms with Crippen molar-refractivity contribution in [3.05, 3.63) is 46.7 Å². The third-order valence-electron chi connectivity index (χ3n) is 3.28. The average molecular weight is 277 g/mol. The van der Waals surface area contributed by atoms with Crippen LogP contribution in [-0.2, 0) is 13.1 Å². The normalized spacial score (nSPS) is 14.8. The molecule has 0 bridgehead atoms. The van der Waals surface area contributed by atoms with Gasteiger partial charge in [0.15, 0.2) is 0 Å². The highest BCUT2D eigenvalue weighted by Crippen LogP contribution is 2.27. The van der Waals surface area contributed by atoms with Crippen molar-refractivity contribution >= 4 is 11.6 Å². The predicted octanol–water partition coefficient (Wildman–Crippen LogP) is 2.48. The highest BCUT2D eigenvalue weighted by molar-refractivity contribution is 6.30. The van der Waals surface area contributed by atoms with E-state index >= 15 is 0 Å². The molecule has 2 aromatic rings. The van der Waals surface area contributed by atoms with E-state index in [0.717, 1.165) is 36.3 Å². The first-order chi connectivity index (χ1) is 9.29. The molecule has 1 heterocycles. The summed E-state index contributed by atoms with van der Waals surface area (Å²) < 4.78 is 1.86. The molecule has 1 aliphatic carbocycles. The van der Waals surface area contributed by atoms with Crippen LogP contribution in [0.15, 0.2) is 30.5 Å². The smallest absolute Gasteiger partial charge is 0.0964 e. The minimum absolute atomic E-state index is 0.729. The second kappa shape index (κ2) is 5.72. The molecule has 3 rings (SSSR count). The second-order valence-corrected chi connectivity index (χ2v) is 5.54. The summed E-state index contributed by atoms with van der Waals surface area (Å²) in [7, 11) is 0. The largest absolute Gasteiger partial charge is 0.311 e. The fraction of sp³-hybridized carbons (Fsp3) is 0.429. The molecule has 0 unspecified atom stereocenters. The van der Waals surface area contributed by atoms with Crippen LogP contribution in [0, 0.1) is 5.92 Å². The molecule has 0 atom stereocenters. The van der Waals surface area contributed by atoms with Crippen LogP contribution in [0.1, 0.15) is 24.1 Å². The molecule has 0 saturated heterocycles. The highest BCUT2D eigenvalue weighted by Gasteiger charge is 2.20. The van der Waals surface area contributed by atoms with Crippen LogP contribution in [0.3, 0.4) is 0 Å². The van der Waals surface area contributed by atoms with Crippen molar-refractivity contribution in [1.82, 2.24) is 20.3 Å². The van der Waals surface area contributed by atoms with E-state index in [1.807, 2.05) is 35.1 Å². The standard InChI is InChI=1S/C14H17ClN4/c15-13-5-3-12(4-6-13)9-19-10-14(17-18-19)8-16-7-11-1-2-11/h3-6,10-11,16H,1-2,7-9H2. The Hall–Kier alpha value is -1.39. The van der Waals surface area contributed by atoms with Gasteiger partial charge in [-0.1, -0.05) is 28.9 Å². The second-order valence-electron chi connectivity index (χ2n) is 5.11. The van der Waals surface area contributed by atoms with E-state index in [1.165, 1.54) is 18.4 Å². The lowest BCUT2D eigenvalue weighted by atomic mass is 10.2. The summed E-state index contributed by atoms with van der Waals surface area (Å²) in [6.45, 7) is 2.63. The molecule has 4 nitrogen and oxygen atoms in total. The summed E-state index contributed by atoms with van der Waals surface area (Å²) in [6, 6.07) is 7.81. The van der Waals surface area contributed by atoms with Crippen LogP contribution in [0.25, 0.3) is 0 Å². The van der Waals surface area contributed by atoms with E-state index < -0.39 is 0 Å². The Balaban J connectivity index is 1.53. The maximum atomic E-state index is 5.86. The molecule has 1 aliphatic rings. The summed E-state index contributed by atoms with van der Waals surface area (Å²) >= 11 is 5.86. The van der Waals surface area contributed by atoms with Crippen LogP contribution in [0.4, 0.5) is 0 Å². The Morgan fingerprint density at radius 2 is 2.05 bits per heavy atom. The number of rotatable bonds is 6. The number of hydrogen-bond acceptors (Lipinski definition) is 3. The van der Waals surface area contributed by atoms with Crippen LogP contribution < -0.4 is 5.32 Å². The lowest BCUT2D eigenvalue weighted by Crippen LogP contribution is -2.16. The molecule has 1 N–H and O–H groups in total. The molecular formula is C14H17ClN4. The van der Waals surface area contributed by atoms with Gasteiger partial charge in [-0.2, -0.15) is 0 Å². The first-order valence-electron chi connectivity index (χ1n) is 6.64. The van der Waals surface area contributed by atoms with Crippen molar-refractivity contribution < 1.29 is 0 Å². The molecule has 1 aromatic heterocycles. The van der Waals surface area contributed by atoms with E-state index in [-0.39, 0.29) is 0 Å². The molecule has 0 amide bonds. The van der Waals surface area contributed by atoms with E-state index in [4.69, 9.17) is 11.6 Å². The maximum Gasteiger partial charge on any atom is 0.0964 e. The Kier molecular flexibility index (Phi) is 3.80. The van der Waals surface area contributed by atoms with Gasteiger partial charge in [-0.15, -0.1) is 5.10 Å². The minimum Gasteiger partial charge on any atom is -0.311 e. The number of nitrogens with one attached hydrogen (secondary N) is 1. The monoisotopic (exact) mass is 276 g/mol. The molecule has 19 heavy (non-hydrogen) atoms. The summed E-state index contributed by atoms with van der Waals surface area (Å²) in [6.07, 6.45) is 4.74. The van der Waals surface area contributed by atoms with Crippen molar-refractivity contribution in [2.45, 2.75) is 25.9 Å². The molecule has 0 radical (unpaired) electrons. The Morgan fingerprint density at radius 3 is 2.79 bits per heavy atom. The fourth-order valence-electron chi connectivity index (χ4n) is 2.00. The van der Waals surface area contributed by atoms with Gasteiger partial charge >= 0.3 is 0 Å². The van der Waals surface area contributed by atoms with Gasteiger partial charge in [-0.05, 0) is 43.0 Å². The van der Waals surface area contributed by atoms with Crippen LogP contribution in [0.5, 0.6) is 0 Å². The van der Waals surface area contributed by atoms with Crippen LogP contribution in [0.2, 0.25) is 5.02 Å². The molecule has 1 saturated carbocycles. The third-order valence-corrected chi connectivity index (χ3v) is 3.53. The summed E-state index contributed by atoms with van der Waals surface area (Å²) in [5.74, 6) is 0.893. The predicted molar refractivity (Wildman–Crippen MR) is 75.0 cm³/mol. The molecule has 100 valence electrons. The van der Waals surface area contributed by atoms with Crippen molar-refractivity contribution in [2.75, 3.05) is 6.54 Å². The molecular weight excluding hydrogens is 260 g/mol. The van der Waals surface area contributed by atoms with Gasteiger partial charge in [0, 0.05) is 11.6 Å². The van der Waals surface area contributed by atoms with Gasteiger partial charge in [0.2, 0.25) is 0 Å². The van der Waals surface area contributed by atoms with Crippen LogP contribution >= 0.6 is 11.6 Å². The Morgan fingerprint density at radius 1 is 1.26 bits per heavy atom. The van der Waals surface area contributed by atoms with E-state index in [2.05, 4.69) is 15.6 Å². The third kappa shape index (κ3) is 3.78. The number of aromatic nitrogens is 3. The topological polar surface area (TPSA) is 42.7 Å². The molecule has 0 spiro atoms. The fourth-order valence-corrected chi connectivity index (χ4v) is 2.13. The molecule has 5 heteroatoms. The number of nitrogens with zero attached hydrogens (tertiary/aromatic N) is 3. The van der Waals surface area contributed by atoms with E-state index in [0.29, 0.717) is 0 Å². The number of benzene rings is 1. The van der Waals surface area contributed by atoms with Gasteiger partial charge in [-0.25, -0.2) is 4.68 Å². The van der Waals surface area contributed by atoms with Gasteiger partial charge in [0.25, 0.3) is 0 Å². The Bertz CT molecular complexity index is 531. The first kappa shape index (κ1) is 12.6. The van der Waals surface area contributed by atoms with Gasteiger partial charge < -0.3 is 5.32 Å². The lowest BCUT2D eigenvalue weighted by molar-refractivity contribution is 0.627. The number of hydrogen-bond donors (Lipinski definition) is 1. The summed E-state index contributed by atoms with van der Waals surface area (Å²) in [5.41, 5.74) is 2.17. The quantitative estimate of drug-likeness (QED) is 0.881. The molecule has 1 fully saturated rings. The molecule has 1 aromatic carbocycles. The van der Waals surface area contributed by atoms with Crippen molar-refractivity contribution in [3.8, 4) is 0 Å². The minimum atomic E-state index is 0.729. The van der Waals surface area contributed by atoms with Gasteiger partial charge in [-0.3, -0.25) is 0 Å². The van der Waals surface area contributed by atoms with Crippen molar-refractivity contribution in [3.63, 3.8) is 0 Å². The van der Waals surface area contributed by atoms with Gasteiger partial charge in [0.1, 0.15) is 0 Å². The number of halogens is 1. The zero-order chi connectivity index (χ0) is 13.1. The molecule has 0 aliphatic heterocycles. The summed E-state index contributed by atoms with van der Waals surface area (Å²) in [5, 5.41) is 12.5. The van der Waals surface area contributed by atoms with Gasteiger partial charge in [0.05, 0.1) is 18.4 Å². The zero-order valence-electron chi connectivity index (χ0n) is 10.7. The highest BCUT2D eigenvalue weighted by atomic mass is 35.5. The van der Waals surface area contributed by atoms with E-state index in [9.17, 15) is 0 Å². The SMILES string of the molecule is Clc1ccc(Cn2cc(CNCC3CC3)nn2)cc1.